The van der Waals surface area contributed by atoms with Crippen LogP contribution in [0, 0.1) is 0 Å². The fraction of sp³-hybridized carbons (Fsp3) is 0.130. The first kappa shape index (κ1) is 18.6. The van der Waals surface area contributed by atoms with Gasteiger partial charge in [0.2, 0.25) is 0 Å². The number of para-hydroxylation sites is 2. The van der Waals surface area contributed by atoms with E-state index >= 15 is 0 Å². The lowest BCUT2D eigenvalue weighted by atomic mass is 10.2. The van der Waals surface area contributed by atoms with Gasteiger partial charge in [0.15, 0.2) is 11.5 Å². The van der Waals surface area contributed by atoms with Crippen molar-refractivity contribution >= 4 is 17.0 Å². The molecule has 1 aromatic heterocycles. The van der Waals surface area contributed by atoms with E-state index in [1.165, 1.54) is 0 Å². The Bertz CT molecular complexity index is 1150. The number of fused-ring (bicyclic) bond motifs is 1. The van der Waals surface area contributed by atoms with E-state index in [4.69, 9.17) is 9.47 Å². The SMILES string of the molecule is COc1cc(-c2nc3ccccc3n2CC(=O)O)ccc1OCc1ccccc1. The highest BCUT2D eigenvalue weighted by atomic mass is 16.5. The smallest absolute Gasteiger partial charge is 0.323 e. The molecule has 0 saturated heterocycles. The van der Waals surface area contributed by atoms with Gasteiger partial charge in [-0.25, -0.2) is 4.98 Å². The summed E-state index contributed by atoms with van der Waals surface area (Å²) >= 11 is 0. The molecule has 0 fully saturated rings. The van der Waals surface area contributed by atoms with Gasteiger partial charge >= 0.3 is 5.97 Å². The molecule has 0 aliphatic heterocycles. The number of aromatic nitrogens is 2. The normalized spacial score (nSPS) is 10.8. The second-order valence-corrected chi connectivity index (χ2v) is 6.54. The zero-order valence-corrected chi connectivity index (χ0v) is 15.9. The first-order valence-corrected chi connectivity index (χ1v) is 9.18. The van der Waals surface area contributed by atoms with Gasteiger partial charge in [-0.1, -0.05) is 42.5 Å². The summed E-state index contributed by atoms with van der Waals surface area (Å²) in [5.41, 5.74) is 3.33. The molecule has 6 heteroatoms. The number of aliphatic carboxylic acids is 1. The van der Waals surface area contributed by atoms with Crippen LogP contribution in [0.1, 0.15) is 5.56 Å². The Morgan fingerprint density at radius 1 is 1.00 bits per heavy atom. The molecule has 0 aliphatic carbocycles. The zero-order valence-electron chi connectivity index (χ0n) is 15.9. The minimum Gasteiger partial charge on any atom is -0.493 e. The maximum atomic E-state index is 11.4. The molecule has 3 aromatic carbocycles. The Morgan fingerprint density at radius 2 is 1.76 bits per heavy atom. The number of benzene rings is 3. The molecule has 0 amide bonds. The van der Waals surface area contributed by atoms with E-state index in [2.05, 4.69) is 4.98 Å². The zero-order chi connectivity index (χ0) is 20.2. The number of imidazole rings is 1. The number of carboxylic acid groups (broad SMARTS) is 1. The number of carbonyl (C=O) groups is 1. The highest BCUT2D eigenvalue weighted by Crippen LogP contribution is 2.34. The summed E-state index contributed by atoms with van der Waals surface area (Å²) in [5, 5.41) is 9.35. The molecule has 0 spiro atoms. The number of methoxy groups -OCH3 is 1. The Hall–Kier alpha value is -3.80. The number of carboxylic acids is 1. The number of nitrogens with zero attached hydrogens (tertiary/aromatic N) is 2. The first-order chi connectivity index (χ1) is 14.2. The van der Waals surface area contributed by atoms with Gasteiger partial charge in [-0.15, -0.1) is 0 Å². The van der Waals surface area contributed by atoms with Crippen LogP contribution in [0.5, 0.6) is 11.5 Å². The maximum Gasteiger partial charge on any atom is 0.323 e. The molecular formula is C23H20N2O4. The maximum absolute atomic E-state index is 11.4. The molecule has 4 rings (SSSR count). The number of rotatable bonds is 7. The van der Waals surface area contributed by atoms with Crippen molar-refractivity contribution in [3.8, 4) is 22.9 Å². The second-order valence-electron chi connectivity index (χ2n) is 6.54. The lowest BCUT2D eigenvalue weighted by molar-refractivity contribution is -0.137. The largest absolute Gasteiger partial charge is 0.493 e. The quantitative estimate of drug-likeness (QED) is 0.509. The van der Waals surface area contributed by atoms with Crippen LogP contribution in [0.2, 0.25) is 0 Å². The standard InChI is InChI=1S/C23H20N2O4/c1-28-21-13-17(11-12-20(21)29-15-16-7-3-2-4-8-16)23-24-18-9-5-6-10-19(18)25(23)14-22(26)27/h2-13H,14-15H2,1H3,(H,26,27). The molecule has 0 aliphatic rings. The van der Waals surface area contributed by atoms with Crippen molar-refractivity contribution in [2.45, 2.75) is 13.2 Å². The van der Waals surface area contributed by atoms with Crippen molar-refractivity contribution in [3.05, 3.63) is 78.4 Å². The molecule has 146 valence electrons. The lowest BCUT2D eigenvalue weighted by Gasteiger charge is -2.13. The summed E-state index contributed by atoms with van der Waals surface area (Å²) in [7, 11) is 1.58. The summed E-state index contributed by atoms with van der Waals surface area (Å²) in [5.74, 6) is 0.819. The first-order valence-electron chi connectivity index (χ1n) is 9.18. The van der Waals surface area contributed by atoms with Crippen LogP contribution in [0.4, 0.5) is 0 Å². The summed E-state index contributed by atoms with van der Waals surface area (Å²) in [6.45, 7) is 0.249. The summed E-state index contributed by atoms with van der Waals surface area (Å²) in [4.78, 5) is 16.0. The minimum absolute atomic E-state index is 0.176. The van der Waals surface area contributed by atoms with E-state index in [0.717, 1.165) is 22.2 Å². The van der Waals surface area contributed by atoms with Gasteiger partial charge in [0.25, 0.3) is 0 Å². The highest BCUT2D eigenvalue weighted by Gasteiger charge is 2.16. The van der Waals surface area contributed by atoms with Crippen LogP contribution in [-0.4, -0.2) is 27.7 Å². The van der Waals surface area contributed by atoms with Gasteiger partial charge < -0.3 is 19.1 Å². The van der Waals surface area contributed by atoms with Gasteiger partial charge in [-0.3, -0.25) is 4.79 Å². The lowest BCUT2D eigenvalue weighted by Crippen LogP contribution is -2.10. The van der Waals surface area contributed by atoms with E-state index in [-0.39, 0.29) is 6.54 Å². The van der Waals surface area contributed by atoms with Crippen LogP contribution in [0.15, 0.2) is 72.8 Å². The molecule has 4 aromatic rings. The van der Waals surface area contributed by atoms with Crippen LogP contribution >= 0.6 is 0 Å². The van der Waals surface area contributed by atoms with Gasteiger partial charge in [0, 0.05) is 5.56 Å². The van der Waals surface area contributed by atoms with Crippen molar-refractivity contribution in [1.82, 2.24) is 9.55 Å². The van der Waals surface area contributed by atoms with Crippen LogP contribution in [-0.2, 0) is 17.9 Å². The Labute approximate surface area is 168 Å². The van der Waals surface area contributed by atoms with Gasteiger partial charge in [0.1, 0.15) is 19.0 Å². The van der Waals surface area contributed by atoms with E-state index in [0.29, 0.717) is 23.9 Å². The predicted octanol–water partition coefficient (Wildman–Crippen LogP) is 4.38. The van der Waals surface area contributed by atoms with E-state index < -0.39 is 5.97 Å². The van der Waals surface area contributed by atoms with Crippen LogP contribution < -0.4 is 9.47 Å². The number of ether oxygens (including phenoxy) is 2. The van der Waals surface area contributed by atoms with Crippen molar-refractivity contribution in [3.63, 3.8) is 0 Å². The Balaban J connectivity index is 1.69. The van der Waals surface area contributed by atoms with Crippen molar-refractivity contribution in [2.24, 2.45) is 0 Å². The summed E-state index contributed by atoms with van der Waals surface area (Å²) in [6, 6.07) is 22.9. The fourth-order valence-corrected chi connectivity index (χ4v) is 3.25. The third kappa shape index (κ3) is 3.91. The van der Waals surface area contributed by atoms with E-state index in [9.17, 15) is 9.90 Å². The third-order valence-electron chi connectivity index (χ3n) is 4.61. The molecule has 0 atom stereocenters. The fourth-order valence-electron chi connectivity index (χ4n) is 3.25. The molecule has 0 radical (unpaired) electrons. The second kappa shape index (κ2) is 8.06. The minimum atomic E-state index is -0.927. The molecule has 1 N–H and O–H groups in total. The van der Waals surface area contributed by atoms with Crippen molar-refractivity contribution in [1.29, 1.82) is 0 Å². The van der Waals surface area contributed by atoms with Gasteiger partial charge in [0.05, 0.1) is 18.1 Å². The molecule has 0 unspecified atom stereocenters. The van der Waals surface area contributed by atoms with Gasteiger partial charge in [-0.2, -0.15) is 0 Å². The monoisotopic (exact) mass is 388 g/mol. The van der Waals surface area contributed by atoms with Crippen molar-refractivity contribution in [2.75, 3.05) is 7.11 Å². The highest BCUT2D eigenvalue weighted by molar-refractivity contribution is 5.83. The molecule has 0 bridgehead atoms. The molecule has 29 heavy (non-hydrogen) atoms. The number of hydrogen-bond donors (Lipinski definition) is 1. The average Bonchev–Trinajstić information content (AvgIpc) is 3.11. The molecular weight excluding hydrogens is 368 g/mol. The van der Waals surface area contributed by atoms with Crippen LogP contribution in [0.3, 0.4) is 0 Å². The van der Waals surface area contributed by atoms with E-state index in [1.54, 1.807) is 11.7 Å². The number of hydrogen-bond acceptors (Lipinski definition) is 4. The van der Waals surface area contributed by atoms with E-state index in [1.807, 2.05) is 72.8 Å². The predicted molar refractivity (Wildman–Crippen MR) is 110 cm³/mol. The van der Waals surface area contributed by atoms with Crippen LogP contribution in [0.25, 0.3) is 22.4 Å². The third-order valence-corrected chi connectivity index (χ3v) is 4.61. The summed E-state index contributed by atoms with van der Waals surface area (Å²) < 4.78 is 13.1. The Kier molecular flexibility index (Phi) is 5.16. The van der Waals surface area contributed by atoms with Crippen molar-refractivity contribution < 1.29 is 19.4 Å². The molecule has 6 nitrogen and oxygen atoms in total. The topological polar surface area (TPSA) is 73.6 Å². The summed E-state index contributed by atoms with van der Waals surface area (Å²) in [6.07, 6.45) is 0. The van der Waals surface area contributed by atoms with Gasteiger partial charge in [-0.05, 0) is 35.9 Å². The average molecular weight is 388 g/mol. The molecule has 1 heterocycles. The molecule has 0 saturated carbocycles. The Morgan fingerprint density at radius 3 is 2.52 bits per heavy atom.